The van der Waals surface area contributed by atoms with Gasteiger partial charge in [0.2, 0.25) is 0 Å². The maximum Gasteiger partial charge on any atom is 0.269 e. The van der Waals surface area contributed by atoms with Crippen LogP contribution in [0.5, 0.6) is 0 Å². The Balaban J connectivity index is 2.14. The SMILES string of the molecule is Cn1nccc1C(=O)NCCCCCCN. The highest BCUT2D eigenvalue weighted by atomic mass is 16.2. The monoisotopic (exact) mass is 224 g/mol. The molecule has 5 heteroatoms. The van der Waals surface area contributed by atoms with Crippen LogP contribution in [0.4, 0.5) is 0 Å². The maximum absolute atomic E-state index is 11.6. The Morgan fingerprint density at radius 2 is 2.19 bits per heavy atom. The third-order valence-corrected chi connectivity index (χ3v) is 2.47. The fourth-order valence-electron chi connectivity index (χ4n) is 1.51. The van der Waals surface area contributed by atoms with Gasteiger partial charge in [-0.05, 0) is 25.5 Å². The molecule has 1 aromatic rings. The van der Waals surface area contributed by atoms with Gasteiger partial charge in [0.15, 0.2) is 0 Å². The quantitative estimate of drug-likeness (QED) is 0.668. The van der Waals surface area contributed by atoms with Gasteiger partial charge in [0, 0.05) is 19.8 Å². The van der Waals surface area contributed by atoms with Gasteiger partial charge in [0.1, 0.15) is 5.69 Å². The second kappa shape index (κ2) is 7.00. The number of amides is 1. The fourth-order valence-corrected chi connectivity index (χ4v) is 1.51. The molecule has 1 amide bonds. The summed E-state index contributed by atoms with van der Waals surface area (Å²) in [6.07, 6.45) is 5.94. The highest BCUT2D eigenvalue weighted by molar-refractivity contribution is 5.92. The number of hydrogen-bond acceptors (Lipinski definition) is 3. The van der Waals surface area contributed by atoms with E-state index >= 15 is 0 Å². The summed E-state index contributed by atoms with van der Waals surface area (Å²) in [5.74, 6) is -0.0566. The van der Waals surface area contributed by atoms with Crippen LogP contribution in [0.25, 0.3) is 0 Å². The van der Waals surface area contributed by atoms with Crippen molar-refractivity contribution in [3.8, 4) is 0 Å². The zero-order chi connectivity index (χ0) is 11.8. The summed E-state index contributed by atoms with van der Waals surface area (Å²) in [7, 11) is 1.76. The zero-order valence-electron chi connectivity index (χ0n) is 9.78. The van der Waals surface area contributed by atoms with Crippen molar-refractivity contribution in [1.29, 1.82) is 0 Å². The largest absolute Gasteiger partial charge is 0.351 e. The highest BCUT2D eigenvalue weighted by Gasteiger charge is 2.07. The summed E-state index contributed by atoms with van der Waals surface area (Å²) >= 11 is 0. The molecule has 90 valence electrons. The first-order valence-corrected chi connectivity index (χ1v) is 5.72. The van der Waals surface area contributed by atoms with Crippen LogP contribution in [-0.4, -0.2) is 28.8 Å². The molecule has 1 heterocycles. The second-order valence-corrected chi connectivity index (χ2v) is 3.80. The first-order valence-electron chi connectivity index (χ1n) is 5.72. The average molecular weight is 224 g/mol. The predicted molar refractivity (Wildman–Crippen MR) is 63.1 cm³/mol. The van der Waals surface area contributed by atoms with Gasteiger partial charge >= 0.3 is 0 Å². The molecule has 0 saturated carbocycles. The van der Waals surface area contributed by atoms with E-state index in [0.717, 1.165) is 32.2 Å². The molecule has 0 fully saturated rings. The molecule has 0 aliphatic rings. The van der Waals surface area contributed by atoms with E-state index < -0.39 is 0 Å². The van der Waals surface area contributed by atoms with E-state index in [0.29, 0.717) is 12.2 Å². The number of unbranched alkanes of at least 4 members (excludes halogenated alkanes) is 3. The minimum atomic E-state index is -0.0566. The normalized spacial score (nSPS) is 10.4. The summed E-state index contributed by atoms with van der Waals surface area (Å²) in [5.41, 5.74) is 5.99. The first-order chi connectivity index (χ1) is 7.75. The van der Waals surface area contributed by atoms with Crippen molar-refractivity contribution in [2.24, 2.45) is 12.8 Å². The Morgan fingerprint density at radius 3 is 2.81 bits per heavy atom. The van der Waals surface area contributed by atoms with Crippen molar-refractivity contribution in [3.05, 3.63) is 18.0 Å². The molecule has 0 unspecified atom stereocenters. The number of nitrogens with two attached hydrogens (primary N) is 1. The molecule has 0 aliphatic carbocycles. The average Bonchev–Trinajstić information content (AvgIpc) is 2.69. The van der Waals surface area contributed by atoms with Gasteiger partial charge in [0.05, 0.1) is 0 Å². The molecule has 0 radical (unpaired) electrons. The number of nitrogens with one attached hydrogen (secondary N) is 1. The minimum Gasteiger partial charge on any atom is -0.351 e. The predicted octanol–water partition coefficient (Wildman–Crippen LogP) is 0.669. The Morgan fingerprint density at radius 1 is 1.44 bits per heavy atom. The number of carbonyl (C=O) groups excluding carboxylic acids is 1. The van der Waals surface area contributed by atoms with Crippen LogP contribution in [0, 0.1) is 0 Å². The Bertz CT molecular complexity index is 322. The van der Waals surface area contributed by atoms with Crippen LogP contribution in [0.1, 0.15) is 36.2 Å². The molecule has 0 spiro atoms. The van der Waals surface area contributed by atoms with Gasteiger partial charge in [-0.3, -0.25) is 9.48 Å². The molecule has 0 aliphatic heterocycles. The van der Waals surface area contributed by atoms with Crippen LogP contribution in [-0.2, 0) is 7.05 Å². The summed E-state index contributed by atoms with van der Waals surface area (Å²) in [6, 6.07) is 1.71. The number of aromatic nitrogens is 2. The van der Waals surface area contributed by atoms with Crippen molar-refractivity contribution in [1.82, 2.24) is 15.1 Å². The van der Waals surface area contributed by atoms with E-state index in [9.17, 15) is 4.79 Å². The molecule has 0 bridgehead atoms. The number of nitrogens with zero attached hydrogens (tertiary/aromatic N) is 2. The third-order valence-electron chi connectivity index (χ3n) is 2.47. The van der Waals surface area contributed by atoms with Gasteiger partial charge < -0.3 is 11.1 Å². The van der Waals surface area contributed by atoms with Crippen LogP contribution < -0.4 is 11.1 Å². The highest BCUT2D eigenvalue weighted by Crippen LogP contribution is 1.99. The molecule has 16 heavy (non-hydrogen) atoms. The summed E-state index contributed by atoms with van der Waals surface area (Å²) in [4.78, 5) is 11.6. The lowest BCUT2D eigenvalue weighted by molar-refractivity contribution is 0.0943. The number of hydrogen-bond donors (Lipinski definition) is 2. The number of carbonyl (C=O) groups is 1. The van der Waals surface area contributed by atoms with Crippen LogP contribution in [0.2, 0.25) is 0 Å². The molecule has 0 aromatic carbocycles. The zero-order valence-corrected chi connectivity index (χ0v) is 9.78. The standard InChI is InChI=1S/C11H20N4O/c1-15-10(6-9-14-15)11(16)13-8-5-3-2-4-7-12/h6,9H,2-5,7-8,12H2,1H3,(H,13,16). The van der Waals surface area contributed by atoms with E-state index in [1.807, 2.05) is 0 Å². The molecule has 0 atom stereocenters. The molecule has 3 N–H and O–H groups in total. The smallest absolute Gasteiger partial charge is 0.269 e. The van der Waals surface area contributed by atoms with Gasteiger partial charge in [-0.15, -0.1) is 0 Å². The van der Waals surface area contributed by atoms with E-state index in [1.165, 1.54) is 0 Å². The van der Waals surface area contributed by atoms with Crippen molar-refractivity contribution < 1.29 is 4.79 Å². The fraction of sp³-hybridized carbons (Fsp3) is 0.636. The summed E-state index contributed by atoms with van der Waals surface area (Å²) < 4.78 is 1.57. The van der Waals surface area contributed by atoms with E-state index in [-0.39, 0.29) is 5.91 Å². The van der Waals surface area contributed by atoms with Crippen LogP contribution in [0.15, 0.2) is 12.3 Å². The topological polar surface area (TPSA) is 72.9 Å². The second-order valence-electron chi connectivity index (χ2n) is 3.80. The number of rotatable bonds is 7. The molecule has 1 aromatic heterocycles. The first kappa shape index (κ1) is 12.7. The minimum absolute atomic E-state index is 0.0566. The van der Waals surface area contributed by atoms with E-state index in [1.54, 1.807) is 24.0 Å². The molecule has 0 saturated heterocycles. The van der Waals surface area contributed by atoms with Crippen LogP contribution >= 0.6 is 0 Å². The molecular weight excluding hydrogens is 204 g/mol. The number of aryl methyl sites for hydroxylation is 1. The molecule has 5 nitrogen and oxygen atoms in total. The lowest BCUT2D eigenvalue weighted by Crippen LogP contribution is -2.26. The lowest BCUT2D eigenvalue weighted by Gasteiger charge is -2.04. The van der Waals surface area contributed by atoms with Gasteiger partial charge in [-0.1, -0.05) is 12.8 Å². The van der Waals surface area contributed by atoms with Gasteiger partial charge in [-0.25, -0.2) is 0 Å². The summed E-state index contributed by atoms with van der Waals surface area (Å²) in [5, 5.41) is 6.82. The Kier molecular flexibility index (Phi) is 5.56. The van der Waals surface area contributed by atoms with Gasteiger partial charge in [0.25, 0.3) is 5.91 Å². The lowest BCUT2D eigenvalue weighted by atomic mass is 10.2. The maximum atomic E-state index is 11.6. The van der Waals surface area contributed by atoms with Crippen molar-refractivity contribution in [2.45, 2.75) is 25.7 Å². The van der Waals surface area contributed by atoms with Crippen molar-refractivity contribution in [3.63, 3.8) is 0 Å². The Labute approximate surface area is 96.0 Å². The van der Waals surface area contributed by atoms with E-state index in [2.05, 4.69) is 10.4 Å². The van der Waals surface area contributed by atoms with Crippen molar-refractivity contribution in [2.75, 3.05) is 13.1 Å². The van der Waals surface area contributed by atoms with Crippen LogP contribution in [0.3, 0.4) is 0 Å². The van der Waals surface area contributed by atoms with Gasteiger partial charge in [-0.2, -0.15) is 5.10 Å². The van der Waals surface area contributed by atoms with Crippen molar-refractivity contribution >= 4 is 5.91 Å². The summed E-state index contributed by atoms with van der Waals surface area (Å²) in [6.45, 7) is 1.47. The Hall–Kier alpha value is -1.36. The third kappa shape index (κ3) is 4.02. The van der Waals surface area contributed by atoms with E-state index in [4.69, 9.17) is 5.73 Å². The molecule has 1 rings (SSSR count). The molecular formula is C11H20N4O.